The van der Waals surface area contributed by atoms with Crippen LogP contribution in [0.1, 0.15) is 28.9 Å². The van der Waals surface area contributed by atoms with Crippen molar-refractivity contribution in [3.8, 4) is 11.1 Å². The molecule has 17 heavy (non-hydrogen) atoms. The molecule has 2 nitrogen and oxygen atoms in total. The van der Waals surface area contributed by atoms with E-state index >= 15 is 0 Å². The summed E-state index contributed by atoms with van der Waals surface area (Å²) in [7, 11) is 0. The van der Waals surface area contributed by atoms with Crippen molar-refractivity contribution in [3.63, 3.8) is 0 Å². The predicted molar refractivity (Wildman–Crippen MR) is 65.7 cm³/mol. The van der Waals surface area contributed by atoms with Gasteiger partial charge in [0.1, 0.15) is 6.10 Å². The Kier molecular flexibility index (Phi) is 2.22. The van der Waals surface area contributed by atoms with Crippen molar-refractivity contribution < 1.29 is 9.53 Å². The first-order valence-corrected chi connectivity index (χ1v) is 5.66. The van der Waals surface area contributed by atoms with Gasteiger partial charge in [-0.2, -0.15) is 0 Å². The van der Waals surface area contributed by atoms with Crippen LogP contribution in [0.4, 0.5) is 0 Å². The van der Waals surface area contributed by atoms with Gasteiger partial charge in [0, 0.05) is 5.56 Å². The molecular formula is C15H12O2. The van der Waals surface area contributed by atoms with Crippen LogP contribution in [0.3, 0.4) is 0 Å². The van der Waals surface area contributed by atoms with Gasteiger partial charge < -0.3 is 4.74 Å². The monoisotopic (exact) mass is 224 g/mol. The molecule has 0 saturated carbocycles. The second-order valence-corrected chi connectivity index (χ2v) is 4.22. The Labute approximate surface area is 99.9 Å². The molecule has 0 bridgehead atoms. The molecule has 1 heterocycles. The first-order valence-electron chi connectivity index (χ1n) is 5.66. The van der Waals surface area contributed by atoms with Crippen molar-refractivity contribution in [2.75, 3.05) is 0 Å². The van der Waals surface area contributed by atoms with Crippen LogP contribution in [-0.4, -0.2) is 5.97 Å². The average molecular weight is 224 g/mol. The van der Waals surface area contributed by atoms with Gasteiger partial charge in [-0.05, 0) is 30.2 Å². The molecule has 0 aromatic heterocycles. The number of fused-ring (bicyclic) bond motifs is 1. The molecule has 1 aliphatic rings. The van der Waals surface area contributed by atoms with E-state index in [9.17, 15) is 4.79 Å². The number of benzene rings is 2. The van der Waals surface area contributed by atoms with Gasteiger partial charge in [-0.3, -0.25) is 0 Å². The Hall–Kier alpha value is -2.09. The number of rotatable bonds is 1. The van der Waals surface area contributed by atoms with Gasteiger partial charge in [0.25, 0.3) is 0 Å². The molecule has 0 aliphatic carbocycles. The maximum absolute atomic E-state index is 11.5. The normalized spacial score (nSPS) is 17.7. The van der Waals surface area contributed by atoms with Crippen molar-refractivity contribution in [2.45, 2.75) is 13.0 Å². The Morgan fingerprint density at radius 3 is 2.53 bits per heavy atom. The molecule has 0 saturated heterocycles. The van der Waals surface area contributed by atoms with Gasteiger partial charge in [-0.25, -0.2) is 4.79 Å². The predicted octanol–water partition coefficient (Wildman–Crippen LogP) is 3.59. The molecule has 1 unspecified atom stereocenters. The minimum absolute atomic E-state index is 0.138. The third-order valence-corrected chi connectivity index (χ3v) is 3.10. The van der Waals surface area contributed by atoms with Crippen LogP contribution in [0.5, 0.6) is 0 Å². The van der Waals surface area contributed by atoms with E-state index in [0.717, 1.165) is 16.7 Å². The van der Waals surface area contributed by atoms with E-state index in [-0.39, 0.29) is 12.1 Å². The largest absolute Gasteiger partial charge is 0.454 e. The van der Waals surface area contributed by atoms with E-state index in [1.165, 1.54) is 0 Å². The molecule has 2 aromatic rings. The Morgan fingerprint density at radius 2 is 1.76 bits per heavy atom. The number of hydrogen-bond donors (Lipinski definition) is 0. The lowest BCUT2D eigenvalue weighted by Gasteiger charge is -2.05. The molecule has 1 atom stereocenters. The van der Waals surface area contributed by atoms with E-state index < -0.39 is 0 Å². The third-order valence-electron chi connectivity index (χ3n) is 3.10. The SMILES string of the molecule is CC1OC(=O)c2ccc(-c3ccccc3)cc21. The zero-order chi connectivity index (χ0) is 11.8. The molecule has 84 valence electrons. The average Bonchev–Trinajstić information content (AvgIpc) is 2.66. The summed E-state index contributed by atoms with van der Waals surface area (Å²) in [6, 6.07) is 16.0. The van der Waals surface area contributed by atoms with E-state index in [2.05, 4.69) is 12.1 Å². The fourth-order valence-corrected chi connectivity index (χ4v) is 2.18. The molecule has 0 N–H and O–H groups in total. The van der Waals surface area contributed by atoms with Crippen molar-refractivity contribution in [1.82, 2.24) is 0 Å². The zero-order valence-electron chi connectivity index (χ0n) is 9.51. The lowest BCUT2D eigenvalue weighted by atomic mass is 9.98. The third kappa shape index (κ3) is 1.62. The van der Waals surface area contributed by atoms with E-state index in [1.807, 2.05) is 43.3 Å². The Bertz CT molecular complexity index is 573. The number of esters is 1. The van der Waals surface area contributed by atoms with Crippen molar-refractivity contribution in [2.24, 2.45) is 0 Å². The van der Waals surface area contributed by atoms with Crippen LogP contribution in [0.15, 0.2) is 48.5 Å². The topological polar surface area (TPSA) is 26.3 Å². The van der Waals surface area contributed by atoms with E-state index in [1.54, 1.807) is 0 Å². The standard InChI is InChI=1S/C15H12O2/c1-10-14-9-12(11-5-3-2-4-6-11)7-8-13(14)15(16)17-10/h2-10H,1H3. The second-order valence-electron chi connectivity index (χ2n) is 4.22. The highest BCUT2D eigenvalue weighted by molar-refractivity contribution is 5.94. The summed E-state index contributed by atoms with van der Waals surface area (Å²) in [5.41, 5.74) is 3.95. The second kappa shape index (κ2) is 3.74. The number of cyclic esters (lactones) is 1. The molecule has 0 radical (unpaired) electrons. The number of ether oxygens (including phenoxy) is 1. The maximum Gasteiger partial charge on any atom is 0.339 e. The molecule has 2 aromatic carbocycles. The van der Waals surface area contributed by atoms with Crippen LogP contribution in [-0.2, 0) is 4.74 Å². The van der Waals surface area contributed by atoms with Gasteiger partial charge in [0.05, 0.1) is 5.56 Å². The van der Waals surface area contributed by atoms with Crippen LogP contribution >= 0.6 is 0 Å². The molecule has 2 heteroatoms. The lowest BCUT2D eigenvalue weighted by Crippen LogP contribution is -1.93. The van der Waals surface area contributed by atoms with Crippen LogP contribution in [0.25, 0.3) is 11.1 Å². The summed E-state index contributed by atoms with van der Waals surface area (Å²) >= 11 is 0. The number of hydrogen-bond acceptors (Lipinski definition) is 2. The maximum atomic E-state index is 11.5. The molecule has 3 rings (SSSR count). The fraction of sp³-hybridized carbons (Fsp3) is 0.133. The Morgan fingerprint density at radius 1 is 1.00 bits per heavy atom. The zero-order valence-corrected chi connectivity index (χ0v) is 9.51. The highest BCUT2D eigenvalue weighted by atomic mass is 16.5. The number of carbonyl (C=O) groups is 1. The van der Waals surface area contributed by atoms with Crippen LogP contribution < -0.4 is 0 Å². The van der Waals surface area contributed by atoms with Crippen molar-refractivity contribution in [3.05, 3.63) is 59.7 Å². The van der Waals surface area contributed by atoms with Gasteiger partial charge in [0.15, 0.2) is 0 Å². The summed E-state index contributed by atoms with van der Waals surface area (Å²) in [5.74, 6) is -0.216. The van der Waals surface area contributed by atoms with Crippen LogP contribution in [0, 0.1) is 0 Å². The van der Waals surface area contributed by atoms with Gasteiger partial charge >= 0.3 is 5.97 Å². The minimum Gasteiger partial charge on any atom is -0.454 e. The van der Waals surface area contributed by atoms with Gasteiger partial charge in [-0.1, -0.05) is 36.4 Å². The number of carbonyl (C=O) groups excluding carboxylic acids is 1. The summed E-state index contributed by atoms with van der Waals surface area (Å²) in [5, 5.41) is 0. The molecule has 0 spiro atoms. The van der Waals surface area contributed by atoms with Crippen molar-refractivity contribution in [1.29, 1.82) is 0 Å². The first-order chi connectivity index (χ1) is 8.25. The quantitative estimate of drug-likeness (QED) is 0.692. The Balaban J connectivity index is 2.11. The fourth-order valence-electron chi connectivity index (χ4n) is 2.18. The van der Waals surface area contributed by atoms with Crippen molar-refractivity contribution >= 4 is 5.97 Å². The van der Waals surface area contributed by atoms with E-state index in [0.29, 0.717) is 5.56 Å². The van der Waals surface area contributed by atoms with Gasteiger partial charge in [-0.15, -0.1) is 0 Å². The highest BCUT2D eigenvalue weighted by Gasteiger charge is 2.27. The molecule has 0 amide bonds. The highest BCUT2D eigenvalue weighted by Crippen LogP contribution is 2.33. The lowest BCUT2D eigenvalue weighted by molar-refractivity contribution is 0.0422. The molecular weight excluding hydrogens is 212 g/mol. The molecule has 1 aliphatic heterocycles. The molecule has 0 fully saturated rings. The first kappa shape index (κ1) is 10.1. The summed E-state index contributed by atoms with van der Waals surface area (Å²) < 4.78 is 5.18. The van der Waals surface area contributed by atoms with Crippen LogP contribution in [0.2, 0.25) is 0 Å². The minimum atomic E-state index is -0.216. The summed E-state index contributed by atoms with van der Waals surface area (Å²) in [4.78, 5) is 11.5. The summed E-state index contributed by atoms with van der Waals surface area (Å²) in [6.07, 6.45) is -0.138. The van der Waals surface area contributed by atoms with E-state index in [4.69, 9.17) is 4.74 Å². The van der Waals surface area contributed by atoms with Gasteiger partial charge in [0.2, 0.25) is 0 Å². The summed E-state index contributed by atoms with van der Waals surface area (Å²) in [6.45, 7) is 1.90. The smallest absolute Gasteiger partial charge is 0.339 e.